The first-order valence-electron chi connectivity index (χ1n) is 4.82. The summed E-state index contributed by atoms with van der Waals surface area (Å²) in [4.78, 5) is 21.0. The third kappa shape index (κ3) is 8.68. The summed E-state index contributed by atoms with van der Waals surface area (Å²) in [5, 5.41) is 8.33. The van der Waals surface area contributed by atoms with Gasteiger partial charge in [0.15, 0.2) is 0 Å². The van der Waals surface area contributed by atoms with Gasteiger partial charge >= 0.3 is 5.97 Å². The minimum absolute atomic E-state index is 0.0732. The Hall–Kier alpha value is -1.64. The van der Waals surface area contributed by atoms with Crippen molar-refractivity contribution in [3.05, 3.63) is 36.5 Å². The summed E-state index contributed by atoms with van der Waals surface area (Å²) in [5.74, 6) is -2.20. The van der Waals surface area contributed by atoms with Crippen LogP contribution < -0.4 is 0 Å². The zero-order chi connectivity index (χ0) is 12.3. The molecule has 84 valence electrons. The van der Waals surface area contributed by atoms with Crippen LogP contribution in [-0.2, 0) is 9.59 Å². The highest BCUT2D eigenvalue weighted by Gasteiger charge is 2.11. The van der Waals surface area contributed by atoms with Gasteiger partial charge in [-0.3, -0.25) is 4.79 Å². The van der Waals surface area contributed by atoms with Gasteiger partial charge in [-0.05, 0) is 12.5 Å². The summed E-state index contributed by atoms with van der Waals surface area (Å²) >= 11 is 0. The molecule has 1 N–H and O–H groups in total. The van der Waals surface area contributed by atoms with Crippen LogP contribution in [0.4, 0.5) is 0 Å². The monoisotopic (exact) mass is 210 g/mol. The lowest BCUT2D eigenvalue weighted by molar-refractivity contribution is -0.148. The predicted octanol–water partition coefficient (Wildman–Crippen LogP) is 2.74. The van der Waals surface area contributed by atoms with Crippen LogP contribution >= 0.6 is 0 Å². The van der Waals surface area contributed by atoms with E-state index in [-0.39, 0.29) is 6.42 Å². The molecule has 3 nitrogen and oxygen atoms in total. The predicted molar refractivity (Wildman–Crippen MR) is 61.7 cm³/mol. The zero-order valence-corrected chi connectivity index (χ0v) is 9.49. The van der Waals surface area contributed by atoms with Gasteiger partial charge in [0, 0.05) is 6.42 Å². The van der Waals surface area contributed by atoms with Gasteiger partial charge in [-0.25, -0.2) is 4.79 Å². The molecule has 0 unspecified atom stereocenters. The topological polar surface area (TPSA) is 54.4 Å². The van der Waals surface area contributed by atoms with E-state index in [4.69, 9.17) is 5.11 Å². The van der Waals surface area contributed by atoms with Crippen LogP contribution in [0.2, 0.25) is 0 Å². The molecule has 0 aliphatic carbocycles. The highest BCUT2D eigenvalue weighted by atomic mass is 16.4. The maximum atomic E-state index is 10.8. The Morgan fingerprint density at radius 3 is 2.20 bits per heavy atom. The SMILES string of the molecule is C=C/C=C\C(=C/C)CC(=O)C(=O)O.CC. The normalized spacial score (nSPS) is 10.5. The van der Waals surface area contributed by atoms with E-state index in [0.717, 1.165) is 0 Å². The van der Waals surface area contributed by atoms with Crippen LogP contribution in [0.25, 0.3) is 0 Å². The van der Waals surface area contributed by atoms with Gasteiger partial charge in [0.2, 0.25) is 5.78 Å². The van der Waals surface area contributed by atoms with Crippen molar-refractivity contribution in [3.63, 3.8) is 0 Å². The van der Waals surface area contributed by atoms with Gasteiger partial charge in [0.25, 0.3) is 0 Å². The first-order chi connectivity index (χ1) is 7.11. The van der Waals surface area contributed by atoms with Crippen molar-refractivity contribution in [2.45, 2.75) is 27.2 Å². The van der Waals surface area contributed by atoms with Crippen molar-refractivity contribution in [2.24, 2.45) is 0 Å². The van der Waals surface area contributed by atoms with Crippen molar-refractivity contribution in [2.75, 3.05) is 0 Å². The van der Waals surface area contributed by atoms with Gasteiger partial charge in [0.05, 0.1) is 0 Å². The van der Waals surface area contributed by atoms with Gasteiger partial charge in [-0.1, -0.05) is 44.7 Å². The van der Waals surface area contributed by atoms with Crippen LogP contribution in [0, 0.1) is 0 Å². The molecule has 0 saturated heterocycles. The molecular formula is C12H18O3. The Bertz CT molecular complexity index is 273. The minimum atomic E-state index is -1.40. The lowest BCUT2D eigenvalue weighted by Crippen LogP contribution is -2.12. The van der Waals surface area contributed by atoms with E-state index in [9.17, 15) is 9.59 Å². The molecule has 0 bridgehead atoms. The molecule has 0 aromatic rings. The molecule has 0 aromatic heterocycles. The lowest BCUT2D eigenvalue weighted by atomic mass is 10.1. The number of ketones is 1. The molecule has 0 saturated carbocycles. The van der Waals surface area contributed by atoms with E-state index >= 15 is 0 Å². The third-order valence-corrected chi connectivity index (χ3v) is 1.42. The van der Waals surface area contributed by atoms with Crippen LogP contribution in [0.15, 0.2) is 36.5 Å². The molecule has 15 heavy (non-hydrogen) atoms. The fourth-order valence-electron chi connectivity index (χ4n) is 0.710. The summed E-state index contributed by atoms with van der Waals surface area (Å²) in [6, 6.07) is 0. The standard InChI is InChI=1S/C10H12O3.C2H6/c1-3-5-6-8(4-2)7-9(11)10(12)13;1-2/h3-6H,1,7H2,2H3,(H,12,13);1-2H3/b6-5-,8-4+;. The Balaban J connectivity index is 0. The summed E-state index contributed by atoms with van der Waals surface area (Å²) in [7, 11) is 0. The first kappa shape index (κ1) is 15.8. The molecule has 0 fully saturated rings. The molecule has 0 atom stereocenters. The second-order valence-electron chi connectivity index (χ2n) is 2.36. The highest BCUT2D eigenvalue weighted by Crippen LogP contribution is 2.04. The second kappa shape index (κ2) is 10.4. The van der Waals surface area contributed by atoms with Crippen molar-refractivity contribution in [1.82, 2.24) is 0 Å². The number of allylic oxidation sites excluding steroid dienone is 5. The molecule has 0 aromatic carbocycles. The van der Waals surface area contributed by atoms with Crippen LogP contribution in [0.1, 0.15) is 27.2 Å². The van der Waals surface area contributed by atoms with Crippen molar-refractivity contribution < 1.29 is 14.7 Å². The summed E-state index contributed by atoms with van der Waals surface area (Å²) in [5.41, 5.74) is 0.673. The number of hydrogen-bond donors (Lipinski definition) is 1. The molecule has 0 aliphatic heterocycles. The maximum absolute atomic E-state index is 10.8. The maximum Gasteiger partial charge on any atom is 0.372 e. The molecule has 3 heteroatoms. The molecule has 0 amide bonds. The van der Waals surface area contributed by atoms with Gasteiger partial charge in [0.1, 0.15) is 0 Å². The van der Waals surface area contributed by atoms with E-state index in [0.29, 0.717) is 5.57 Å². The molecule has 0 spiro atoms. The van der Waals surface area contributed by atoms with Gasteiger partial charge in [-0.15, -0.1) is 0 Å². The Labute approximate surface area is 90.8 Å². The molecular weight excluding hydrogens is 192 g/mol. The second-order valence-corrected chi connectivity index (χ2v) is 2.36. The number of hydrogen-bond acceptors (Lipinski definition) is 2. The minimum Gasteiger partial charge on any atom is -0.475 e. The average molecular weight is 210 g/mol. The lowest BCUT2D eigenvalue weighted by Gasteiger charge is -1.95. The Morgan fingerprint density at radius 2 is 1.87 bits per heavy atom. The van der Waals surface area contributed by atoms with Crippen LogP contribution in [0.3, 0.4) is 0 Å². The average Bonchev–Trinajstić information content (AvgIpc) is 2.26. The smallest absolute Gasteiger partial charge is 0.372 e. The highest BCUT2D eigenvalue weighted by molar-refractivity contribution is 6.33. The van der Waals surface area contributed by atoms with Gasteiger partial charge < -0.3 is 5.11 Å². The van der Waals surface area contributed by atoms with E-state index in [2.05, 4.69) is 6.58 Å². The molecule has 0 radical (unpaired) electrons. The van der Waals surface area contributed by atoms with Crippen molar-refractivity contribution in [1.29, 1.82) is 0 Å². The fraction of sp³-hybridized carbons (Fsp3) is 0.333. The van der Waals surface area contributed by atoms with E-state index in [1.807, 2.05) is 13.8 Å². The summed E-state index contributed by atoms with van der Waals surface area (Å²) < 4.78 is 0. The fourth-order valence-corrected chi connectivity index (χ4v) is 0.710. The van der Waals surface area contributed by atoms with Crippen LogP contribution in [-0.4, -0.2) is 16.9 Å². The summed E-state index contributed by atoms with van der Waals surface area (Å²) in [6.45, 7) is 9.21. The molecule has 0 aliphatic rings. The number of carboxylic acid groups (broad SMARTS) is 1. The number of aliphatic carboxylic acids is 1. The number of rotatable bonds is 5. The number of carbonyl (C=O) groups is 2. The van der Waals surface area contributed by atoms with Crippen molar-refractivity contribution >= 4 is 11.8 Å². The number of Topliss-reactive ketones (excluding diaryl/α,β-unsaturated/α-hetero) is 1. The van der Waals surface area contributed by atoms with E-state index in [1.54, 1.807) is 31.2 Å². The molecule has 0 heterocycles. The quantitative estimate of drug-likeness (QED) is 0.560. The first-order valence-corrected chi connectivity index (χ1v) is 4.82. The van der Waals surface area contributed by atoms with Crippen molar-refractivity contribution in [3.8, 4) is 0 Å². The molecule has 0 rings (SSSR count). The number of carbonyl (C=O) groups excluding carboxylic acids is 1. The van der Waals surface area contributed by atoms with E-state index < -0.39 is 11.8 Å². The largest absolute Gasteiger partial charge is 0.475 e. The van der Waals surface area contributed by atoms with E-state index in [1.165, 1.54) is 0 Å². The number of carboxylic acids is 1. The Morgan fingerprint density at radius 1 is 1.33 bits per heavy atom. The summed E-state index contributed by atoms with van der Waals surface area (Å²) in [6.07, 6.45) is 6.50. The Kier molecular flexibility index (Phi) is 11.0. The third-order valence-electron chi connectivity index (χ3n) is 1.42. The zero-order valence-electron chi connectivity index (χ0n) is 9.49. The van der Waals surface area contributed by atoms with Crippen LogP contribution in [0.5, 0.6) is 0 Å². The van der Waals surface area contributed by atoms with Gasteiger partial charge in [-0.2, -0.15) is 0 Å².